The van der Waals surface area contributed by atoms with Crippen LogP contribution in [0, 0.1) is 0 Å². The maximum atomic E-state index is 12.1. The Morgan fingerprint density at radius 1 is 0.351 bits per heavy atom. The van der Waals surface area contributed by atoms with Gasteiger partial charge in [-0.25, -0.2) is 0 Å². The van der Waals surface area contributed by atoms with Crippen molar-refractivity contribution < 1.29 is 4.79 Å². The third kappa shape index (κ3) is 33.4. The van der Waals surface area contributed by atoms with E-state index in [0.29, 0.717) is 5.78 Å². The lowest BCUT2D eigenvalue weighted by atomic mass is 10.0. The molecule has 0 radical (unpaired) electrons. The molecule has 37 heavy (non-hydrogen) atoms. The van der Waals surface area contributed by atoms with Gasteiger partial charge in [0, 0.05) is 12.8 Å². The van der Waals surface area contributed by atoms with E-state index in [0.717, 1.165) is 25.7 Å². The number of hydrogen-bond acceptors (Lipinski definition) is 1. The summed E-state index contributed by atoms with van der Waals surface area (Å²) in [6.07, 6.45) is 46.0. The van der Waals surface area contributed by atoms with Gasteiger partial charge >= 0.3 is 0 Å². The first kappa shape index (κ1) is 36.4. The fourth-order valence-electron chi connectivity index (χ4n) is 5.39. The van der Waals surface area contributed by atoms with Crippen LogP contribution in [-0.4, -0.2) is 5.78 Å². The van der Waals surface area contributed by atoms with Crippen LogP contribution in [0.15, 0.2) is 12.2 Å². The highest BCUT2D eigenvalue weighted by molar-refractivity contribution is 5.78. The SMILES string of the molecule is CCCCCCCC/C=C\CCCCCCCC(=O)CCCCCCCCCCCCCCCCCC. The molecule has 0 aromatic heterocycles. The molecule has 0 aliphatic heterocycles. The summed E-state index contributed by atoms with van der Waals surface area (Å²) < 4.78 is 0. The molecule has 0 fully saturated rings. The molecule has 0 amide bonds. The molecule has 0 unspecified atom stereocenters. The van der Waals surface area contributed by atoms with Gasteiger partial charge in [0.1, 0.15) is 5.78 Å². The second-order valence-corrected chi connectivity index (χ2v) is 11.9. The second-order valence-electron chi connectivity index (χ2n) is 11.9. The zero-order chi connectivity index (χ0) is 26.9. The Morgan fingerprint density at radius 2 is 0.595 bits per heavy atom. The Hall–Kier alpha value is -0.590. The Kier molecular flexibility index (Phi) is 32.9. The topological polar surface area (TPSA) is 17.1 Å². The van der Waals surface area contributed by atoms with Crippen LogP contribution in [-0.2, 0) is 4.79 Å². The van der Waals surface area contributed by atoms with E-state index in [1.807, 2.05) is 0 Å². The highest BCUT2D eigenvalue weighted by Crippen LogP contribution is 2.15. The van der Waals surface area contributed by atoms with E-state index in [1.54, 1.807) is 0 Å². The molecule has 0 bridgehead atoms. The number of hydrogen-bond donors (Lipinski definition) is 0. The number of carbonyl (C=O) groups excluding carboxylic acids is 1. The van der Waals surface area contributed by atoms with Gasteiger partial charge < -0.3 is 0 Å². The average Bonchev–Trinajstić information content (AvgIpc) is 2.90. The molecule has 0 atom stereocenters. The average molecular weight is 519 g/mol. The summed E-state index contributed by atoms with van der Waals surface area (Å²) in [6.45, 7) is 4.58. The minimum Gasteiger partial charge on any atom is -0.300 e. The summed E-state index contributed by atoms with van der Waals surface area (Å²) in [6, 6.07) is 0. The summed E-state index contributed by atoms with van der Waals surface area (Å²) in [7, 11) is 0. The highest BCUT2D eigenvalue weighted by atomic mass is 16.1. The fourth-order valence-corrected chi connectivity index (χ4v) is 5.39. The van der Waals surface area contributed by atoms with Crippen LogP contribution in [0.1, 0.15) is 213 Å². The lowest BCUT2D eigenvalue weighted by Crippen LogP contribution is -1.97. The third-order valence-electron chi connectivity index (χ3n) is 8.03. The summed E-state index contributed by atoms with van der Waals surface area (Å²) in [5.74, 6) is 0.517. The predicted octanol–water partition coefficient (Wildman–Crippen LogP) is 13.2. The van der Waals surface area contributed by atoms with Crippen molar-refractivity contribution in [3.05, 3.63) is 12.2 Å². The van der Waals surface area contributed by atoms with Crippen molar-refractivity contribution >= 4 is 5.78 Å². The zero-order valence-electron chi connectivity index (χ0n) is 26.0. The van der Waals surface area contributed by atoms with Crippen molar-refractivity contribution in [3.8, 4) is 0 Å². The standard InChI is InChI=1S/C36H70O/c1-3-5-7-9-11-13-15-17-19-21-23-25-27-29-31-33-35-36(37)34-32-30-28-26-24-22-20-18-16-14-12-10-8-6-4-2/h18,20H,3-17,19,21-35H2,1-2H3/b20-18-. The molecule has 0 aromatic rings. The van der Waals surface area contributed by atoms with Crippen molar-refractivity contribution in [2.75, 3.05) is 0 Å². The summed E-state index contributed by atoms with van der Waals surface area (Å²) in [4.78, 5) is 12.1. The lowest BCUT2D eigenvalue weighted by molar-refractivity contribution is -0.119. The van der Waals surface area contributed by atoms with Crippen molar-refractivity contribution in [1.82, 2.24) is 0 Å². The number of rotatable bonds is 32. The summed E-state index contributed by atoms with van der Waals surface area (Å²) in [5, 5.41) is 0. The predicted molar refractivity (Wildman–Crippen MR) is 169 cm³/mol. The van der Waals surface area contributed by atoms with E-state index in [9.17, 15) is 4.79 Å². The molecule has 220 valence electrons. The number of carbonyl (C=O) groups is 1. The van der Waals surface area contributed by atoms with E-state index in [4.69, 9.17) is 0 Å². The van der Waals surface area contributed by atoms with E-state index in [-0.39, 0.29) is 0 Å². The zero-order valence-corrected chi connectivity index (χ0v) is 26.0. The van der Waals surface area contributed by atoms with Crippen molar-refractivity contribution in [1.29, 1.82) is 0 Å². The van der Waals surface area contributed by atoms with Crippen LogP contribution < -0.4 is 0 Å². The van der Waals surface area contributed by atoms with E-state index >= 15 is 0 Å². The Bertz CT molecular complexity index is 452. The molecule has 0 spiro atoms. The van der Waals surface area contributed by atoms with Crippen LogP contribution in [0.3, 0.4) is 0 Å². The van der Waals surface area contributed by atoms with Gasteiger partial charge in [-0.1, -0.05) is 174 Å². The number of unbranched alkanes of at least 4 members (excludes halogenated alkanes) is 26. The number of allylic oxidation sites excluding steroid dienone is 2. The third-order valence-corrected chi connectivity index (χ3v) is 8.03. The molecule has 0 aliphatic carbocycles. The van der Waals surface area contributed by atoms with Gasteiger partial charge in [0.25, 0.3) is 0 Å². The van der Waals surface area contributed by atoms with Crippen LogP contribution in [0.25, 0.3) is 0 Å². The monoisotopic (exact) mass is 519 g/mol. The maximum absolute atomic E-state index is 12.1. The first-order valence-electron chi connectivity index (χ1n) is 17.5. The lowest BCUT2D eigenvalue weighted by Gasteiger charge is -2.04. The summed E-state index contributed by atoms with van der Waals surface area (Å²) in [5.41, 5.74) is 0. The van der Waals surface area contributed by atoms with Crippen LogP contribution in [0.2, 0.25) is 0 Å². The smallest absolute Gasteiger partial charge is 0.132 e. The van der Waals surface area contributed by atoms with Crippen molar-refractivity contribution in [2.45, 2.75) is 213 Å². The number of ketones is 1. The molecule has 0 rings (SSSR count). The molecule has 0 saturated heterocycles. The largest absolute Gasteiger partial charge is 0.300 e. The first-order valence-corrected chi connectivity index (χ1v) is 17.5. The van der Waals surface area contributed by atoms with Gasteiger partial charge in [-0.15, -0.1) is 0 Å². The normalized spacial score (nSPS) is 11.6. The van der Waals surface area contributed by atoms with Gasteiger partial charge in [-0.3, -0.25) is 4.79 Å². The molecule has 1 nitrogen and oxygen atoms in total. The van der Waals surface area contributed by atoms with Crippen LogP contribution in [0.5, 0.6) is 0 Å². The van der Waals surface area contributed by atoms with Gasteiger partial charge in [0.15, 0.2) is 0 Å². The van der Waals surface area contributed by atoms with E-state index in [1.165, 1.54) is 173 Å². The van der Waals surface area contributed by atoms with E-state index in [2.05, 4.69) is 26.0 Å². The molecule has 0 aromatic carbocycles. The minimum atomic E-state index is 0.517. The van der Waals surface area contributed by atoms with Crippen molar-refractivity contribution in [2.24, 2.45) is 0 Å². The first-order chi connectivity index (χ1) is 18.3. The van der Waals surface area contributed by atoms with E-state index < -0.39 is 0 Å². The molecule has 1 heteroatoms. The molecule has 0 saturated carbocycles. The van der Waals surface area contributed by atoms with Gasteiger partial charge in [-0.05, 0) is 38.5 Å². The van der Waals surface area contributed by atoms with Gasteiger partial charge in [0.2, 0.25) is 0 Å². The number of Topliss-reactive ketones (excluding diaryl/α,β-unsaturated/α-hetero) is 1. The molecule has 0 aliphatic rings. The Balaban J connectivity index is 3.19. The maximum Gasteiger partial charge on any atom is 0.132 e. The fraction of sp³-hybridized carbons (Fsp3) is 0.917. The molecule has 0 N–H and O–H groups in total. The molecular weight excluding hydrogens is 448 g/mol. The Morgan fingerprint density at radius 3 is 0.892 bits per heavy atom. The summed E-state index contributed by atoms with van der Waals surface area (Å²) >= 11 is 0. The highest BCUT2D eigenvalue weighted by Gasteiger charge is 2.02. The molecule has 0 heterocycles. The quantitative estimate of drug-likeness (QED) is 0.0639. The van der Waals surface area contributed by atoms with Gasteiger partial charge in [-0.2, -0.15) is 0 Å². The second kappa shape index (κ2) is 33.4. The Labute approximate surface area is 235 Å². The van der Waals surface area contributed by atoms with Crippen LogP contribution in [0.4, 0.5) is 0 Å². The van der Waals surface area contributed by atoms with Crippen LogP contribution >= 0.6 is 0 Å². The molecular formula is C36H70O. The van der Waals surface area contributed by atoms with Crippen molar-refractivity contribution in [3.63, 3.8) is 0 Å². The minimum absolute atomic E-state index is 0.517. The van der Waals surface area contributed by atoms with Gasteiger partial charge in [0.05, 0.1) is 0 Å².